The zero-order chi connectivity index (χ0) is 12.4. The maximum atomic E-state index is 11.8. The number of amides is 2. The largest absolute Gasteiger partial charge is 0.334 e. The number of halogens is 2. The van der Waals surface area contributed by atoms with Gasteiger partial charge in [0.25, 0.3) is 5.24 Å². The van der Waals surface area contributed by atoms with Crippen molar-refractivity contribution < 1.29 is 9.59 Å². The predicted octanol–water partition coefficient (Wildman–Crippen LogP) is 2.87. The first-order chi connectivity index (χ1) is 8.08. The Morgan fingerprint density at radius 1 is 1.59 bits per heavy atom. The molecular formula is C10H8BrClN2O2S. The first kappa shape index (κ1) is 12.7. The van der Waals surface area contributed by atoms with Gasteiger partial charge in [0, 0.05) is 5.75 Å². The normalized spacial score (nSPS) is 18.9. The summed E-state index contributed by atoms with van der Waals surface area (Å²) in [5.41, 5.74) is 0.591. The summed E-state index contributed by atoms with van der Waals surface area (Å²) in [6, 6.07) is 4.70. The van der Waals surface area contributed by atoms with E-state index in [-0.39, 0.29) is 11.1 Å². The highest BCUT2D eigenvalue weighted by Crippen LogP contribution is 2.30. The van der Waals surface area contributed by atoms with Crippen LogP contribution in [0.15, 0.2) is 22.7 Å². The van der Waals surface area contributed by atoms with Gasteiger partial charge in [-0.1, -0.05) is 29.4 Å². The van der Waals surface area contributed by atoms with Crippen molar-refractivity contribution >= 4 is 56.1 Å². The van der Waals surface area contributed by atoms with Crippen LogP contribution in [0.3, 0.4) is 0 Å². The van der Waals surface area contributed by atoms with E-state index in [1.807, 2.05) is 0 Å². The summed E-state index contributed by atoms with van der Waals surface area (Å²) in [5, 5.41) is 5.64. The Kier molecular flexibility index (Phi) is 3.96. The summed E-state index contributed by atoms with van der Waals surface area (Å²) in [4.78, 5) is 22.8. The van der Waals surface area contributed by atoms with E-state index in [1.54, 1.807) is 18.2 Å². The van der Waals surface area contributed by atoms with Gasteiger partial charge in [-0.25, -0.2) is 0 Å². The van der Waals surface area contributed by atoms with Crippen LogP contribution in [0.2, 0.25) is 5.02 Å². The van der Waals surface area contributed by atoms with Gasteiger partial charge in [0.1, 0.15) is 6.04 Å². The number of hydrogen-bond acceptors (Lipinski definition) is 3. The van der Waals surface area contributed by atoms with Crippen molar-refractivity contribution in [3.63, 3.8) is 0 Å². The van der Waals surface area contributed by atoms with Gasteiger partial charge in [-0.3, -0.25) is 9.59 Å². The summed E-state index contributed by atoms with van der Waals surface area (Å²) in [7, 11) is 0. The SMILES string of the molecule is O=C1NC(C(=O)Nc2cccc(Cl)c2Br)CS1. The van der Waals surface area contributed by atoms with E-state index in [4.69, 9.17) is 11.6 Å². The Labute approximate surface area is 116 Å². The molecule has 0 spiro atoms. The predicted molar refractivity (Wildman–Crippen MR) is 72.6 cm³/mol. The number of thioether (sulfide) groups is 1. The Morgan fingerprint density at radius 3 is 3.00 bits per heavy atom. The monoisotopic (exact) mass is 334 g/mol. The molecule has 1 aliphatic heterocycles. The summed E-state index contributed by atoms with van der Waals surface area (Å²) in [5.74, 6) is 0.203. The highest BCUT2D eigenvalue weighted by molar-refractivity contribution is 9.10. The number of carbonyl (C=O) groups is 2. The summed E-state index contributed by atoms with van der Waals surface area (Å²) in [6.07, 6.45) is 0. The quantitative estimate of drug-likeness (QED) is 0.874. The van der Waals surface area contributed by atoms with E-state index in [0.29, 0.717) is 20.9 Å². The van der Waals surface area contributed by atoms with E-state index >= 15 is 0 Å². The van der Waals surface area contributed by atoms with Crippen LogP contribution in [0.25, 0.3) is 0 Å². The first-order valence-corrected chi connectivity index (χ1v) is 6.92. The number of rotatable bonds is 2. The Morgan fingerprint density at radius 2 is 2.35 bits per heavy atom. The van der Waals surface area contributed by atoms with Crippen LogP contribution in [0.5, 0.6) is 0 Å². The highest BCUT2D eigenvalue weighted by atomic mass is 79.9. The van der Waals surface area contributed by atoms with Gasteiger partial charge in [-0.05, 0) is 28.1 Å². The molecule has 0 radical (unpaired) electrons. The molecule has 0 aliphatic carbocycles. The van der Waals surface area contributed by atoms with Crippen LogP contribution in [0.4, 0.5) is 10.5 Å². The van der Waals surface area contributed by atoms with Gasteiger partial charge in [-0.15, -0.1) is 0 Å². The lowest BCUT2D eigenvalue weighted by Gasteiger charge is -2.12. The molecule has 90 valence electrons. The van der Waals surface area contributed by atoms with Gasteiger partial charge in [-0.2, -0.15) is 0 Å². The van der Waals surface area contributed by atoms with E-state index in [9.17, 15) is 9.59 Å². The van der Waals surface area contributed by atoms with Crippen LogP contribution in [0.1, 0.15) is 0 Å². The average molecular weight is 336 g/mol. The van der Waals surface area contributed by atoms with Crippen molar-refractivity contribution in [2.24, 2.45) is 0 Å². The van der Waals surface area contributed by atoms with Crippen molar-refractivity contribution in [2.75, 3.05) is 11.1 Å². The van der Waals surface area contributed by atoms with Gasteiger partial charge in [0.15, 0.2) is 0 Å². The lowest BCUT2D eigenvalue weighted by atomic mass is 10.2. The molecule has 1 aromatic rings. The number of carbonyl (C=O) groups excluding carboxylic acids is 2. The van der Waals surface area contributed by atoms with Crippen molar-refractivity contribution in [2.45, 2.75) is 6.04 Å². The molecule has 1 atom stereocenters. The van der Waals surface area contributed by atoms with Gasteiger partial charge in [0.2, 0.25) is 5.91 Å². The third kappa shape index (κ3) is 2.94. The van der Waals surface area contributed by atoms with Gasteiger partial charge >= 0.3 is 0 Å². The fourth-order valence-electron chi connectivity index (χ4n) is 1.35. The molecule has 17 heavy (non-hydrogen) atoms. The molecule has 2 N–H and O–H groups in total. The number of hydrogen-bond donors (Lipinski definition) is 2. The van der Waals surface area contributed by atoms with Crippen LogP contribution in [-0.4, -0.2) is 22.9 Å². The molecule has 1 saturated heterocycles. The summed E-state index contributed by atoms with van der Waals surface area (Å²) < 4.78 is 0.631. The number of nitrogens with one attached hydrogen (secondary N) is 2. The van der Waals surface area contributed by atoms with Crippen molar-refractivity contribution in [3.8, 4) is 0 Å². The fraction of sp³-hybridized carbons (Fsp3) is 0.200. The first-order valence-electron chi connectivity index (χ1n) is 4.76. The maximum absolute atomic E-state index is 11.8. The number of anilines is 1. The molecule has 1 unspecified atom stereocenters. The molecule has 2 amide bonds. The fourth-order valence-corrected chi connectivity index (χ4v) is 2.66. The zero-order valence-corrected chi connectivity index (χ0v) is 11.7. The van der Waals surface area contributed by atoms with Crippen LogP contribution in [-0.2, 0) is 4.79 Å². The zero-order valence-electron chi connectivity index (χ0n) is 8.50. The molecule has 4 nitrogen and oxygen atoms in total. The molecule has 0 bridgehead atoms. The molecule has 1 fully saturated rings. The van der Waals surface area contributed by atoms with Gasteiger partial charge in [0.05, 0.1) is 15.2 Å². The van der Waals surface area contributed by atoms with Crippen LogP contribution < -0.4 is 10.6 Å². The maximum Gasteiger partial charge on any atom is 0.279 e. The van der Waals surface area contributed by atoms with E-state index in [0.717, 1.165) is 11.8 Å². The lowest BCUT2D eigenvalue weighted by Crippen LogP contribution is -2.38. The minimum atomic E-state index is -0.488. The molecule has 1 aromatic carbocycles. The second kappa shape index (κ2) is 5.29. The minimum Gasteiger partial charge on any atom is -0.334 e. The van der Waals surface area contributed by atoms with E-state index < -0.39 is 6.04 Å². The second-order valence-corrected chi connectivity index (χ2v) is 5.58. The second-order valence-electron chi connectivity index (χ2n) is 3.39. The Balaban J connectivity index is 2.08. The Bertz CT molecular complexity index is 483. The smallest absolute Gasteiger partial charge is 0.279 e. The van der Waals surface area contributed by atoms with E-state index in [2.05, 4.69) is 26.6 Å². The van der Waals surface area contributed by atoms with Crippen LogP contribution >= 0.6 is 39.3 Å². The Hall–Kier alpha value is -0.720. The molecule has 7 heteroatoms. The van der Waals surface area contributed by atoms with Crippen molar-refractivity contribution in [1.82, 2.24) is 5.32 Å². The molecular weight excluding hydrogens is 328 g/mol. The lowest BCUT2D eigenvalue weighted by molar-refractivity contribution is -0.117. The van der Waals surface area contributed by atoms with Crippen molar-refractivity contribution in [1.29, 1.82) is 0 Å². The number of benzene rings is 1. The van der Waals surface area contributed by atoms with Crippen molar-refractivity contribution in [3.05, 3.63) is 27.7 Å². The third-order valence-corrected chi connectivity index (χ3v) is 4.48. The van der Waals surface area contributed by atoms with E-state index in [1.165, 1.54) is 0 Å². The minimum absolute atomic E-state index is 0.171. The molecule has 0 saturated carbocycles. The molecule has 1 aliphatic rings. The summed E-state index contributed by atoms with van der Waals surface area (Å²) >= 11 is 10.3. The highest BCUT2D eigenvalue weighted by Gasteiger charge is 2.28. The molecule has 1 heterocycles. The average Bonchev–Trinajstić information content (AvgIpc) is 2.72. The third-order valence-electron chi connectivity index (χ3n) is 2.20. The molecule has 2 rings (SSSR count). The standard InChI is InChI=1S/C10H8BrClN2O2S/c11-8-5(12)2-1-3-6(8)13-9(15)7-4-17-10(16)14-7/h1-3,7H,4H2,(H,13,15)(H,14,16). The topological polar surface area (TPSA) is 58.2 Å². The molecule has 0 aromatic heterocycles. The van der Waals surface area contributed by atoms with Gasteiger partial charge < -0.3 is 10.6 Å². The van der Waals surface area contributed by atoms with Crippen LogP contribution in [0, 0.1) is 0 Å². The summed E-state index contributed by atoms with van der Waals surface area (Å²) in [6.45, 7) is 0.